The molecule has 0 saturated carbocycles. The Balaban J connectivity index is 0.982. The minimum absolute atomic E-state index is 0.587. The Morgan fingerprint density at radius 2 is 0.783 bits per heavy atom. The van der Waals surface area contributed by atoms with Gasteiger partial charge < -0.3 is 8.98 Å². The SMILES string of the molecule is c1ccc2cc(-c3nc(-c4ccc5ccccc5c4)nc(-c4ccc5c(c4)oc4ccc(-n6c7ccc8ccccc8c7c7c8ccccc8ccc76)cc45)n3)ccc2c1. The zero-order valence-electron chi connectivity index (χ0n) is 32.2. The zero-order valence-corrected chi connectivity index (χ0v) is 32.2. The largest absolute Gasteiger partial charge is 0.456 e. The number of nitrogens with zero attached hydrogens (tertiary/aromatic N) is 4. The highest BCUT2D eigenvalue weighted by atomic mass is 16.3. The Labute approximate surface area is 343 Å². The quantitative estimate of drug-likeness (QED) is 0.179. The summed E-state index contributed by atoms with van der Waals surface area (Å²) >= 11 is 0. The van der Waals surface area contributed by atoms with Crippen molar-refractivity contribution in [3.63, 3.8) is 0 Å². The molecule has 0 saturated heterocycles. The van der Waals surface area contributed by atoms with Crippen molar-refractivity contribution in [1.29, 1.82) is 0 Å². The van der Waals surface area contributed by atoms with Crippen molar-refractivity contribution in [3.05, 3.63) is 194 Å². The van der Waals surface area contributed by atoms with Crippen LogP contribution >= 0.6 is 0 Å². The summed E-state index contributed by atoms with van der Waals surface area (Å²) in [7, 11) is 0. The first kappa shape index (κ1) is 32.9. The summed E-state index contributed by atoms with van der Waals surface area (Å²) < 4.78 is 9.03. The van der Waals surface area contributed by atoms with Gasteiger partial charge in [-0.15, -0.1) is 0 Å². The minimum atomic E-state index is 0.587. The summed E-state index contributed by atoms with van der Waals surface area (Å²) in [5, 5.41) is 14.2. The van der Waals surface area contributed by atoms with E-state index in [0.717, 1.165) is 55.1 Å². The molecule has 13 aromatic rings. The van der Waals surface area contributed by atoms with Crippen LogP contribution < -0.4 is 0 Å². The van der Waals surface area contributed by atoms with Crippen LogP contribution in [0.2, 0.25) is 0 Å². The topological polar surface area (TPSA) is 56.7 Å². The number of hydrogen-bond donors (Lipinski definition) is 0. The van der Waals surface area contributed by atoms with Gasteiger partial charge in [0, 0.05) is 43.9 Å². The van der Waals surface area contributed by atoms with Gasteiger partial charge in [0.1, 0.15) is 11.2 Å². The average Bonchev–Trinajstić information content (AvgIpc) is 3.86. The molecule has 0 aliphatic carbocycles. The molecule has 5 nitrogen and oxygen atoms in total. The third-order valence-electron chi connectivity index (χ3n) is 12.2. The number of benzene rings is 10. The Kier molecular flexibility index (Phi) is 6.95. The average molecular weight is 765 g/mol. The molecule has 0 aliphatic heterocycles. The van der Waals surface area contributed by atoms with Crippen LogP contribution in [-0.4, -0.2) is 19.5 Å². The first-order chi connectivity index (χ1) is 29.7. The number of rotatable bonds is 4. The van der Waals surface area contributed by atoms with Gasteiger partial charge in [-0.1, -0.05) is 140 Å². The van der Waals surface area contributed by atoms with Gasteiger partial charge in [0.25, 0.3) is 0 Å². The molecular weight excluding hydrogens is 733 g/mol. The summed E-state index contributed by atoms with van der Waals surface area (Å²) in [6.07, 6.45) is 0. The maximum atomic E-state index is 6.62. The van der Waals surface area contributed by atoms with Gasteiger partial charge in [-0.05, 0) is 97.7 Å². The molecule has 3 heterocycles. The van der Waals surface area contributed by atoms with Gasteiger partial charge in [-0.25, -0.2) is 15.0 Å². The first-order valence-corrected chi connectivity index (χ1v) is 20.3. The monoisotopic (exact) mass is 764 g/mol. The third kappa shape index (κ3) is 5.03. The molecule has 3 aromatic heterocycles. The Bertz CT molecular complexity index is 3720. The number of fused-ring (bicyclic) bond motifs is 12. The van der Waals surface area contributed by atoms with Crippen molar-refractivity contribution in [2.24, 2.45) is 0 Å². The second-order valence-corrected chi connectivity index (χ2v) is 15.6. The van der Waals surface area contributed by atoms with Gasteiger partial charge in [-0.2, -0.15) is 0 Å². The summed E-state index contributed by atoms with van der Waals surface area (Å²) in [5.74, 6) is 1.83. The zero-order chi connectivity index (χ0) is 39.3. The summed E-state index contributed by atoms with van der Waals surface area (Å²) in [5.41, 5.74) is 7.76. The maximum Gasteiger partial charge on any atom is 0.164 e. The van der Waals surface area contributed by atoms with Crippen LogP contribution in [0.25, 0.3) is 127 Å². The summed E-state index contributed by atoms with van der Waals surface area (Å²) in [6, 6.07) is 68.7. The van der Waals surface area contributed by atoms with Gasteiger partial charge in [0.15, 0.2) is 17.5 Å². The van der Waals surface area contributed by atoms with Gasteiger partial charge in [0.2, 0.25) is 0 Å². The molecular formula is C55H32N4O. The van der Waals surface area contributed by atoms with E-state index in [4.69, 9.17) is 19.4 Å². The molecule has 13 rings (SSSR count). The van der Waals surface area contributed by atoms with E-state index in [2.05, 4.69) is 199 Å². The molecule has 5 heteroatoms. The normalized spacial score (nSPS) is 12.0. The molecule has 0 bridgehead atoms. The van der Waals surface area contributed by atoms with E-state index < -0.39 is 0 Å². The molecule has 0 aliphatic rings. The second kappa shape index (κ2) is 12.7. The highest BCUT2D eigenvalue weighted by Crippen LogP contribution is 2.42. The fourth-order valence-corrected chi connectivity index (χ4v) is 9.29. The predicted octanol–water partition coefficient (Wildman–Crippen LogP) is 14.5. The molecule has 60 heavy (non-hydrogen) atoms. The molecule has 0 N–H and O–H groups in total. The van der Waals surface area contributed by atoms with Crippen LogP contribution in [0.15, 0.2) is 199 Å². The van der Waals surface area contributed by atoms with Crippen LogP contribution in [0.4, 0.5) is 0 Å². The van der Waals surface area contributed by atoms with E-state index in [0.29, 0.717) is 17.5 Å². The molecule has 0 amide bonds. The molecule has 0 fully saturated rings. The number of hydrogen-bond acceptors (Lipinski definition) is 4. The van der Waals surface area contributed by atoms with Crippen molar-refractivity contribution < 1.29 is 4.42 Å². The Morgan fingerprint density at radius 3 is 1.35 bits per heavy atom. The number of furan rings is 1. The maximum absolute atomic E-state index is 6.62. The fraction of sp³-hybridized carbons (Fsp3) is 0. The molecule has 0 spiro atoms. The van der Waals surface area contributed by atoms with Gasteiger partial charge >= 0.3 is 0 Å². The van der Waals surface area contributed by atoms with Gasteiger partial charge in [0.05, 0.1) is 11.0 Å². The molecule has 10 aromatic carbocycles. The lowest BCUT2D eigenvalue weighted by Gasteiger charge is -2.10. The number of aromatic nitrogens is 4. The lowest BCUT2D eigenvalue weighted by molar-refractivity contribution is 0.669. The van der Waals surface area contributed by atoms with E-state index in [9.17, 15) is 0 Å². The van der Waals surface area contributed by atoms with Crippen molar-refractivity contribution in [3.8, 4) is 39.9 Å². The standard InChI is InChI=1S/C55H32N4O/c1-3-13-37-29-39(19-17-33(37)9-1)53-56-54(40-20-18-34-10-2-4-14-38(34)30-40)58-55(57-53)41-21-25-45-46-32-42(24-28-49(46)60-50(45)31-41)59-47-26-22-35-11-5-7-15-43(35)51(47)52-44-16-8-6-12-36(44)23-27-48(52)59/h1-32H. The van der Waals surface area contributed by atoms with Crippen LogP contribution in [-0.2, 0) is 0 Å². The molecule has 0 atom stereocenters. The van der Waals surface area contributed by atoms with Crippen molar-refractivity contribution in [1.82, 2.24) is 19.5 Å². The van der Waals surface area contributed by atoms with E-state index in [1.807, 2.05) is 0 Å². The Hall–Kier alpha value is -8.15. The lowest BCUT2D eigenvalue weighted by Crippen LogP contribution is -2.00. The third-order valence-corrected chi connectivity index (χ3v) is 12.2. The minimum Gasteiger partial charge on any atom is -0.456 e. The lowest BCUT2D eigenvalue weighted by atomic mass is 10.00. The van der Waals surface area contributed by atoms with Crippen LogP contribution in [0.5, 0.6) is 0 Å². The predicted molar refractivity (Wildman–Crippen MR) is 248 cm³/mol. The smallest absolute Gasteiger partial charge is 0.164 e. The highest BCUT2D eigenvalue weighted by Gasteiger charge is 2.20. The molecule has 0 radical (unpaired) electrons. The van der Waals surface area contributed by atoms with E-state index in [-0.39, 0.29) is 0 Å². The summed E-state index contributed by atoms with van der Waals surface area (Å²) in [6.45, 7) is 0. The van der Waals surface area contributed by atoms with Crippen LogP contribution in [0.3, 0.4) is 0 Å². The summed E-state index contributed by atoms with van der Waals surface area (Å²) in [4.78, 5) is 15.3. The van der Waals surface area contributed by atoms with E-state index >= 15 is 0 Å². The fourth-order valence-electron chi connectivity index (χ4n) is 9.29. The van der Waals surface area contributed by atoms with E-state index in [1.165, 1.54) is 54.1 Å². The molecule has 278 valence electrons. The van der Waals surface area contributed by atoms with Crippen LogP contribution in [0, 0.1) is 0 Å². The van der Waals surface area contributed by atoms with Crippen molar-refractivity contribution >= 4 is 86.8 Å². The van der Waals surface area contributed by atoms with Gasteiger partial charge in [-0.3, -0.25) is 0 Å². The Morgan fingerprint density at radius 1 is 0.317 bits per heavy atom. The highest BCUT2D eigenvalue weighted by molar-refractivity contribution is 6.28. The first-order valence-electron chi connectivity index (χ1n) is 20.3. The van der Waals surface area contributed by atoms with Crippen molar-refractivity contribution in [2.75, 3.05) is 0 Å². The van der Waals surface area contributed by atoms with Crippen molar-refractivity contribution in [2.45, 2.75) is 0 Å². The second-order valence-electron chi connectivity index (χ2n) is 15.6. The molecule has 0 unspecified atom stereocenters. The van der Waals surface area contributed by atoms with E-state index in [1.54, 1.807) is 0 Å². The van der Waals surface area contributed by atoms with Crippen LogP contribution in [0.1, 0.15) is 0 Å².